The van der Waals surface area contributed by atoms with Crippen molar-refractivity contribution in [3.8, 4) is 0 Å². The van der Waals surface area contributed by atoms with Crippen LogP contribution in [0.5, 0.6) is 0 Å². The molecule has 0 aliphatic rings. The van der Waals surface area contributed by atoms with Gasteiger partial charge in [-0.25, -0.2) is 0 Å². The molecule has 1 aromatic carbocycles. The fourth-order valence-corrected chi connectivity index (χ4v) is 2.93. The fraction of sp³-hybridized carbons (Fsp3) is 0.500. The van der Waals surface area contributed by atoms with Gasteiger partial charge in [0.15, 0.2) is 0 Å². The molecule has 0 unspecified atom stereocenters. The first-order valence-electron chi connectivity index (χ1n) is 7.32. The first-order chi connectivity index (χ1) is 10.4. The van der Waals surface area contributed by atoms with Gasteiger partial charge >= 0.3 is 0 Å². The summed E-state index contributed by atoms with van der Waals surface area (Å²) in [6.07, 6.45) is 0.847. The minimum Gasteiger partial charge on any atom is -0.355 e. The van der Waals surface area contributed by atoms with E-state index in [1.807, 2.05) is 13.0 Å². The van der Waals surface area contributed by atoms with Gasteiger partial charge in [-0.2, -0.15) is 0 Å². The summed E-state index contributed by atoms with van der Waals surface area (Å²) in [6.45, 7) is 4.22. The molecule has 22 heavy (non-hydrogen) atoms. The zero-order valence-electron chi connectivity index (χ0n) is 13.6. The Morgan fingerprint density at radius 3 is 2.59 bits per heavy atom. The van der Waals surface area contributed by atoms with Gasteiger partial charge in [0.1, 0.15) is 5.25 Å². The van der Waals surface area contributed by atoms with Gasteiger partial charge < -0.3 is 10.2 Å². The zero-order valence-corrected chi connectivity index (χ0v) is 14.4. The predicted octanol–water partition coefficient (Wildman–Crippen LogP) is 1.55. The van der Waals surface area contributed by atoms with E-state index in [0.29, 0.717) is 12.1 Å². The highest BCUT2D eigenvalue weighted by Gasteiger charge is 2.20. The van der Waals surface area contributed by atoms with E-state index in [2.05, 4.69) is 5.32 Å². The van der Waals surface area contributed by atoms with Crippen LogP contribution in [0, 0.1) is 0 Å². The highest BCUT2D eigenvalue weighted by molar-refractivity contribution is 7.85. The van der Waals surface area contributed by atoms with Crippen LogP contribution in [0.15, 0.2) is 24.3 Å². The smallest absolute Gasteiger partial charge is 0.253 e. The van der Waals surface area contributed by atoms with Crippen molar-refractivity contribution in [1.82, 2.24) is 10.2 Å². The molecule has 6 heteroatoms. The third-order valence-electron chi connectivity index (χ3n) is 3.20. The van der Waals surface area contributed by atoms with Crippen LogP contribution in [0.1, 0.15) is 36.2 Å². The van der Waals surface area contributed by atoms with E-state index < -0.39 is 16.0 Å². The summed E-state index contributed by atoms with van der Waals surface area (Å²) in [5, 5.41) is 2.18. The first-order valence-corrected chi connectivity index (χ1v) is 8.70. The molecule has 0 aliphatic carbocycles. The summed E-state index contributed by atoms with van der Waals surface area (Å²) in [5.74, 6) is -0.0306. The highest BCUT2D eigenvalue weighted by Crippen LogP contribution is 2.11. The SMILES string of the molecule is CCCNC(=O)[C@@H](C)[S@@](=O)Cc1cccc(C(=O)N(C)C)c1. The fourth-order valence-electron chi connectivity index (χ4n) is 1.85. The molecular formula is C16H24N2O3S. The lowest BCUT2D eigenvalue weighted by Crippen LogP contribution is -2.36. The van der Waals surface area contributed by atoms with Crippen molar-refractivity contribution in [2.24, 2.45) is 0 Å². The molecule has 0 spiro atoms. The number of hydrogen-bond acceptors (Lipinski definition) is 3. The topological polar surface area (TPSA) is 66.5 Å². The first kappa shape index (κ1) is 18.4. The van der Waals surface area contributed by atoms with Crippen LogP contribution in [-0.2, 0) is 21.3 Å². The lowest BCUT2D eigenvalue weighted by atomic mass is 10.1. The quantitative estimate of drug-likeness (QED) is 0.827. The number of nitrogens with zero attached hydrogens (tertiary/aromatic N) is 1. The summed E-state index contributed by atoms with van der Waals surface area (Å²) in [5.41, 5.74) is 1.35. The van der Waals surface area contributed by atoms with Crippen molar-refractivity contribution < 1.29 is 13.8 Å². The molecule has 2 amide bonds. The predicted molar refractivity (Wildman–Crippen MR) is 89.1 cm³/mol. The van der Waals surface area contributed by atoms with Gasteiger partial charge in [-0.15, -0.1) is 0 Å². The van der Waals surface area contributed by atoms with Crippen molar-refractivity contribution in [3.05, 3.63) is 35.4 Å². The number of amides is 2. The zero-order chi connectivity index (χ0) is 16.7. The molecule has 0 saturated carbocycles. The molecule has 0 fully saturated rings. The number of rotatable bonds is 7. The molecule has 2 atom stereocenters. The van der Waals surface area contributed by atoms with E-state index in [0.717, 1.165) is 12.0 Å². The molecule has 0 saturated heterocycles. The molecule has 0 aromatic heterocycles. The van der Waals surface area contributed by atoms with Gasteiger partial charge in [0.2, 0.25) is 5.91 Å². The summed E-state index contributed by atoms with van der Waals surface area (Å²) in [6, 6.07) is 7.05. The Bertz CT molecular complexity index is 558. The van der Waals surface area contributed by atoms with Gasteiger partial charge in [0.05, 0.1) is 0 Å². The Morgan fingerprint density at radius 2 is 2.00 bits per heavy atom. The highest BCUT2D eigenvalue weighted by atomic mass is 32.2. The summed E-state index contributed by atoms with van der Waals surface area (Å²) in [4.78, 5) is 25.3. The average Bonchev–Trinajstić information content (AvgIpc) is 2.51. The lowest BCUT2D eigenvalue weighted by Gasteiger charge is -2.13. The van der Waals surface area contributed by atoms with Gasteiger partial charge in [-0.1, -0.05) is 19.1 Å². The van der Waals surface area contributed by atoms with Gasteiger partial charge in [0.25, 0.3) is 5.91 Å². The van der Waals surface area contributed by atoms with Gasteiger partial charge in [-0.05, 0) is 31.0 Å². The average molecular weight is 324 g/mol. The second kappa shape index (κ2) is 8.68. The maximum Gasteiger partial charge on any atom is 0.253 e. The van der Waals surface area contributed by atoms with Crippen LogP contribution in [0.3, 0.4) is 0 Å². The van der Waals surface area contributed by atoms with E-state index in [1.165, 1.54) is 4.90 Å². The maximum absolute atomic E-state index is 12.3. The molecule has 0 aliphatic heterocycles. The van der Waals surface area contributed by atoms with E-state index in [9.17, 15) is 13.8 Å². The number of hydrogen-bond donors (Lipinski definition) is 1. The van der Waals surface area contributed by atoms with Crippen LogP contribution in [-0.4, -0.2) is 46.8 Å². The van der Waals surface area contributed by atoms with Crippen molar-refractivity contribution >= 4 is 22.6 Å². The molecule has 0 radical (unpaired) electrons. The standard InChI is InChI=1S/C16H24N2O3S/c1-5-9-17-15(19)12(2)22(21)11-13-7-6-8-14(10-13)16(20)18(3)4/h6-8,10,12H,5,9,11H2,1-4H3,(H,17,19)/t12-,22+/m1/s1. The maximum atomic E-state index is 12.3. The van der Waals surface area contributed by atoms with E-state index in [1.54, 1.807) is 39.2 Å². The third-order valence-corrected chi connectivity index (χ3v) is 4.82. The minimum absolute atomic E-state index is 0.0960. The molecule has 1 N–H and O–H groups in total. The van der Waals surface area contributed by atoms with Crippen molar-refractivity contribution in [2.45, 2.75) is 31.3 Å². The molecular weight excluding hydrogens is 300 g/mol. The van der Waals surface area contributed by atoms with Crippen molar-refractivity contribution in [3.63, 3.8) is 0 Å². The Balaban J connectivity index is 2.74. The summed E-state index contributed by atoms with van der Waals surface area (Å²) >= 11 is 0. The third kappa shape index (κ3) is 5.26. The Hall–Kier alpha value is -1.69. The number of nitrogens with one attached hydrogen (secondary N) is 1. The van der Waals surface area contributed by atoms with Crippen LogP contribution in [0.2, 0.25) is 0 Å². The Kier molecular flexibility index (Phi) is 7.24. The summed E-state index contributed by atoms with van der Waals surface area (Å²) in [7, 11) is 2.06. The van der Waals surface area contributed by atoms with E-state index >= 15 is 0 Å². The molecule has 1 rings (SSSR count). The van der Waals surface area contributed by atoms with Crippen molar-refractivity contribution in [2.75, 3.05) is 20.6 Å². The van der Waals surface area contributed by atoms with Gasteiger partial charge in [-0.3, -0.25) is 13.8 Å². The Morgan fingerprint density at radius 1 is 1.32 bits per heavy atom. The number of carbonyl (C=O) groups is 2. The summed E-state index contributed by atoms with van der Waals surface area (Å²) < 4.78 is 12.3. The van der Waals surface area contributed by atoms with Crippen LogP contribution >= 0.6 is 0 Å². The molecule has 122 valence electrons. The number of carbonyl (C=O) groups excluding carboxylic acids is 2. The number of benzene rings is 1. The van der Waals surface area contributed by atoms with Crippen molar-refractivity contribution in [1.29, 1.82) is 0 Å². The molecule has 0 bridgehead atoms. The van der Waals surface area contributed by atoms with Crippen LogP contribution in [0.4, 0.5) is 0 Å². The normalized spacial score (nSPS) is 13.3. The van der Waals surface area contributed by atoms with Crippen LogP contribution in [0.25, 0.3) is 0 Å². The molecule has 5 nitrogen and oxygen atoms in total. The van der Waals surface area contributed by atoms with Gasteiger partial charge in [0, 0.05) is 42.8 Å². The van der Waals surface area contributed by atoms with E-state index in [-0.39, 0.29) is 17.6 Å². The molecule has 1 aromatic rings. The Labute approximate surface area is 134 Å². The van der Waals surface area contributed by atoms with Crippen LogP contribution < -0.4 is 5.32 Å². The molecule has 0 heterocycles. The second-order valence-electron chi connectivity index (χ2n) is 5.36. The lowest BCUT2D eigenvalue weighted by molar-refractivity contribution is -0.120. The monoisotopic (exact) mass is 324 g/mol. The minimum atomic E-state index is -1.32. The second-order valence-corrected chi connectivity index (χ2v) is 7.12. The largest absolute Gasteiger partial charge is 0.355 e. The van der Waals surface area contributed by atoms with E-state index in [4.69, 9.17) is 0 Å².